The summed E-state index contributed by atoms with van der Waals surface area (Å²) in [6.45, 7) is 2.25. The van der Waals surface area contributed by atoms with Crippen LogP contribution in [-0.4, -0.2) is 13.2 Å². The van der Waals surface area contributed by atoms with Gasteiger partial charge in [0.15, 0.2) is 0 Å². The first-order chi connectivity index (χ1) is 7.28. The lowest BCUT2D eigenvalue weighted by Crippen LogP contribution is -2.15. The van der Waals surface area contributed by atoms with E-state index >= 15 is 0 Å². The molecule has 1 aromatic rings. The lowest BCUT2D eigenvalue weighted by atomic mass is 10.1. The van der Waals surface area contributed by atoms with E-state index in [-0.39, 0.29) is 0 Å². The Morgan fingerprint density at radius 3 is 2.93 bits per heavy atom. The van der Waals surface area contributed by atoms with Crippen LogP contribution in [0.5, 0.6) is 5.75 Å². The number of nitrogens with one attached hydrogen (secondary N) is 1. The summed E-state index contributed by atoms with van der Waals surface area (Å²) in [4.78, 5) is 0. The van der Waals surface area contributed by atoms with Gasteiger partial charge < -0.3 is 10.1 Å². The quantitative estimate of drug-likeness (QED) is 0.796. The minimum absolute atomic E-state index is 0.560. The number of methoxy groups -OCH3 is 1. The molecule has 0 aromatic heterocycles. The molecule has 1 atom stereocenters. The summed E-state index contributed by atoms with van der Waals surface area (Å²) in [6, 6.07) is 8.68. The normalized spacial score (nSPS) is 17.2. The fourth-order valence-electron chi connectivity index (χ4n) is 1.91. The zero-order chi connectivity index (χ0) is 10.7. The van der Waals surface area contributed by atoms with Crippen molar-refractivity contribution in [1.29, 1.82) is 0 Å². The average Bonchev–Trinajstić information content (AvgIpc) is 3.02. The standard InChI is InChI=1S/C13H19NO/c1-10(8-11-6-7-11)14-12-4-3-5-13(9-12)15-2/h3-5,9-11,14H,6-8H2,1-2H3. The van der Waals surface area contributed by atoms with Crippen LogP contribution in [0, 0.1) is 5.92 Å². The van der Waals surface area contributed by atoms with Crippen molar-refractivity contribution in [3.8, 4) is 5.75 Å². The Labute approximate surface area is 91.6 Å². The van der Waals surface area contributed by atoms with Crippen LogP contribution in [0.15, 0.2) is 24.3 Å². The molecular formula is C13H19NO. The van der Waals surface area contributed by atoms with Crippen LogP contribution >= 0.6 is 0 Å². The van der Waals surface area contributed by atoms with Gasteiger partial charge in [0.1, 0.15) is 5.75 Å². The molecule has 0 radical (unpaired) electrons. The summed E-state index contributed by atoms with van der Waals surface area (Å²) in [5.74, 6) is 1.89. The van der Waals surface area contributed by atoms with Gasteiger partial charge in [-0.1, -0.05) is 18.9 Å². The Bertz CT molecular complexity index is 320. The number of ether oxygens (including phenoxy) is 1. The SMILES string of the molecule is COc1cccc(NC(C)CC2CC2)c1. The van der Waals surface area contributed by atoms with Crippen LogP contribution in [0.1, 0.15) is 26.2 Å². The first-order valence-electron chi connectivity index (χ1n) is 5.68. The molecule has 2 nitrogen and oxygen atoms in total. The lowest BCUT2D eigenvalue weighted by molar-refractivity contribution is 0.415. The molecule has 0 bridgehead atoms. The molecule has 2 heteroatoms. The van der Waals surface area contributed by atoms with Crippen molar-refractivity contribution in [2.45, 2.75) is 32.2 Å². The second kappa shape index (κ2) is 4.56. The van der Waals surface area contributed by atoms with Crippen LogP contribution in [0.2, 0.25) is 0 Å². The van der Waals surface area contributed by atoms with E-state index in [1.54, 1.807) is 7.11 Å². The number of anilines is 1. The third kappa shape index (κ3) is 3.15. The van der Waals surface area contributed by atoms with Gasteiger partial charge in [-0.2, -0.15) is 0 Å². The molecule has 1 aliphatic carbocycles. The molecule has 0 saturated heterocycles. The fraction of sp³-hybridized carbons (Fsp3) is 0.538. The van der Waals surface area contributed by atoms with Crippen molar-refractivity contribution in [3.63, 3.8) is 0 Å². The van der Waals surface area contributed by atoms with E-state index < -0.39 is 0 Å². The third-order valence-corrected chi connectivity index (χ3v) is 2.87. The smallest absolute Gasteiger partial charge is 0.120 e. The highest BCUT2D eigenvalue weighted by molar-refractivity contribution is 5.48. The van der Waals surface area contributed by atoms with Gasteiger partial charge in [-0.05, 0) is 31.4 Å². The van der Waals surface area contributed by atoms with Gasteiger partial charge in [0.05, 0.1) is 7.11 Å². The van der Waals surface area contributed by atoms with Crippen molar-refractivity contribution in [3.05, 3.63) is 24.3 Å². The van der Waals surface area contributed by atoms with Crippen molar-refractivity contribution < 1.29 is 4.74 Å². The maximum atomic E-state index is 5.19. The molecule has 1 fully saturated rings. The zero-order valence-corrected chi connectivity index (χ0v) is 9.49. The van der Waals surface area contributed by atoms with E-state index in [4.69, 9.17) is 4.74 Å². The van der Waals surface area contributed by atoms with Crippen molar-refractivity contribution in [2.24, 2.45) is 5.92 Å². The van der Waals surface area contributed by atoms with Gasteiger partial charge in [-0.15, -0.1) is 0 Å². The second-order valence-corrected chi connectivity index (χ2v) is 4.46. The van der Waals surface area contributed by atoms with Gasteiger partial charge in [0, 0.05) is 17.8 Å². The van der Waals surface area contributed by atoms with Crippen LogP contribution in [0.3, 0.4) is 0 Å². The molecule has 1 aliphatic rings. The molecule has 0 aliphatic heterocycles. The highest BCUT2D eigenvalue weighted by Crippen LogP contribution is 2.34. The summed E-state index contributed by atoms with van der Waals surface area (Å²) in [6.07, 6.45) is 4.13. The summed E-state index contributed by atoms with van der Waals surface area (Å²) < 4.78 is 5.19. The summed E-state index contributed by atoms with van der Waals surface area (Å²) >= 11 is 0. The largest absolute Gasteiger partial charge is 0.497 e. The summed E-state index contributed by atoms with van der Waals surface area (Å²) in [7, 11) is 1.70. The molecule has 1 N–H and O–H groups in total. The Morgan fingerprint density at radius 1 is 1.47 bits per heavy atom. The lowest BCUT2D eigenvalue weighted by Gasteiger charge is -2.15. The topological polar surface area (TPSA) is 21.3 Å². The fourth-order valence-corrected chi connectivity index (χ4v) is 1.91. The third-order valence-electron chi connectivity index (χ3n) is 2.87. The Hall–Kier alpha value is -1.18. The Balaban J connectivity index is 1.90. The number of rotatable bonds is 5. The van der Waals surface area contributed by atoms with Gasteiger partial charge in [0.2, 0.25) is 0 Å². The summed E-state index contributed by atoms with van der Waals surface area (Å²) in [5, 5.41) is 3.51. The van der Waals surface area contributed by atoms with Crippen LogP contribution in [0.25, 0.3) is 0 Å². The van der Waals surface area contributed by atoms with E-state index in [1.807, 2.05) is 18.2 Å². The molecule has 1 unspecified atom stereocenters. The van der Waals surface area contributed by atoms with E-state index in [2.05, 4.69) is 18.3 Å². The minimum atomic E-state index is 0.560. The zero-order valence-electron chi connectivity index (χ0n) is 9.49. The Morgan fingerprint density at radius 2 is 2.27 bits per heavy atom. The maximum Gasteiger partial charge on any atom is 0.120 e. The van der Waals surface area contributed by atoms with E-state index in [0.29, 0.717) is 6.04 Å². The number of hydrogen-bond acceptors (Lipinski definition) is 2. The second-order valence-electron chi connectivity index (χ2n) is 4.46. The van der Waals surface area contributed by atoms with Gasteiger partial charge >= 0.3 is 0 Å². The van der Waals surface area contributed by atoms with Gasteiger partial charge in [0.25, 0.3) is 0 Å². The molecule has 15 heavy (non-hydrogen) atoms. The monoisotopic (exact) mass is 205 g/mol. The highest BCUT2D eigenvalue weighted by Gasteiger charge is 2.23. The average molecular weight is 205 g/mol. The van der Waals surface area contributed by atoms with Crippen molar-refractivity contribution >= 4 is 5.69 Å². The van der Waals surface area contributed by atoms with Crippen LogP contribution < -0.4 is 10.1 Å². The number of hydrogen-bond donors (Lipinski definition) is 1. The molecule has 0 heterocycles. The predicted molar refractivity (Wildman–Crippen MR) is 63.4 cm³/mol. The summed E-state index contributed by atoms with van der Waals surface area (Å²) in [5.41, 5.74) is 1.16. The van der Waals surface area contributed by atoms with E-state index in [0.717, 1.165) is 17.4 Å². The molecule has 82 valence electrons. The van der Waals surface area contributed by atoms with Gasteiger partial charge in [-0.25, -0.2) is 0 Å². The maximum absolute atomic E-state index is 5.19. The van der Waals surface area contributed by atoms with Crippen LogP contribution in [0.4, 0.5) is 5.69 Å². The molecule has 1 saturated carbocycles. The Kier molecular flexibility index (Phi) is 3.14. The van der Waals surface area contributed by atoms with Gasteiger partial charge in [-0.3, -0.25) is 0 Å². The number of benzene rings is 1. The van der Waals surface area contributed by atoms with E-state index in [9.17, 15) is 0 Å². The van der Waals surface area contributed by atoms with E-state index in [1.165, 1.54) is 19.3 Å². The molecule has 0 amide bonds. The first kappa shape index (κ1) is 10.3. The van der Waals surface area contributed by atoms with Crippen molar-refractivity contribution in [2.75, 3.05) is 12.4 Å². The first-order valence-corrected chi connectivity index (χ1v) is 5.68. The molecule has 2 rings (SSSR count). The van der Waals surface area contributed by atoms with Crippen LogP contribution in [-0.2, 0) is 0 Å². The molecular weight excluding hydrogens is 186 g/mol. The molecule has 1 aromatic carbocycles. The molecule has 0 spiro atoms. The predicted octanol–water partition coefficient (Wildman–Crippen LogP) is 3.30. The van der Waals surface area contributed by atoms with Crippen molar-refractivity contribution in [1.82, 2.24) is 0 Å². The highest BCUT2D eigenvalue weighted by atomic mass is 16.5. The minimum Gasteiger partial charge on any atom is -0.497 e.